The first-order chi connectivity index (χ1) is 14.2. The summed E-state index contributed by atoms with van der Waals surface area (Å²) < 4.78 is 40.4. The molecule has 2 aliphatic heterocycles. The number of benzene rings is 1. The lowest BCUT2D eigenvalue weighted by Crippen LogP contribution is -2.49. The molecule has 4 rings (SSSR count). The van der Waals surface area contributed by atoms with Crippen molar-refractivity contribution in [1.29, 1.82) is 0 Å². The number of rotatable bonds is 3. The minimum Gasteiger partial charge on any atom is -0.383 e. The van der Waals surface area contributed by atoms with E-state index < -0.39 is 18.1 Å². The number of carbonyl (C=O) groups is 3. The summed E-state index contributed by atoms with van der Waals surface area (Å²) in [7, 11) is 0. The van der Waals surface area contributed by atoms with Gasteiger partial charge in [-0.3, -0.25) is 4.90 Å². The predicted molar refractivity (Wildman–Crippen MR) is 100 cm³/mol. The Morgan fingerprint density at radius 2 is 1.97 bits per heavy atom. The van der Waals surface area contributed by atoms with Gasteiger partial charge in [-0.2, -0.15) is 13.2 Å². The number of nitrogens with one attached hydrogen (secondary N) is 1. The predicted octanol–water partition coefficient (Wildman–Crippen LogP) is 2.27. The molecule has 8 nitrogen and oxygen atoms in total. The lowest BCUT2D eigenvalue weighted by molar-refractivity contribution is -0.193. The third-order valence-corrected chi connectivity index (χ3v) is 5.64. The van der Waals surface area contributed by atoms with E-state index in [0.29, 0.717) is 29.5 Å². The number of aromatic nitrogens is 1. The van der Waals surface area contributed by atoms with Crippen LogP contribution in [0.25, 0.3) is 11.3 Å². The molecule has 1 aromatic heterocycles. The minimum absolute atomic E-state index is 0.0881. The minimum atomic E-state index is -5.25. The summed E-state index contributed by atoms with van der Waals surface area (Å²) in [5, 5.41) is 5.55. The van der Waals surface area contributed by atoms with Crippen molar-refractivity contribution in [3.8, 4) is 11.3 Å². The van der Waals surface area contributed by atoms with Crippen molar-refractivity contribution in [1.82, 2.24) is 15.2 Å². The van der Waals surface area contributed by atoms with Crippen LogP contribution in [0.15, 0.2) is 29.6 Å². The number of hydrogen-bond acceptors (Lipinski definition) is 7. The monoisotopic (exact) mass is 440 g/mol. The van der Waals surface area contributed by atoms with E-state index in [2.05, 4.69) is 15.0 Å². The number of alkyl halides is 3. The van der Waals surface area contributed by atoms with E-state index in [9.17, 15) is 27.6 Å². The molecule has 30 heavy (non-hydrogen) atoms. The second-order valence-electron chi connectivity index (χ2n) is 6.71. The number of thiazole rings is 1. The first kappa shape index (κ1) is 20.3. The summed E-state index contributed by atoms with van der Waals surface area (Å²) in [6.07, 6.45) is -5.25. The largest absolute Gasteiger partial charge is 0.491 e. The highest BCUT2D eigenvalue weighted by molar-refractivity contribution is 7.14. The van der Waals surface area contributed by atoms with Crippen molar-refractivity contribution in [3.63, 3.8) is 0 Å². The number of ether oxygens (including phenoxy) is 1. The zero-order valence-electron chi connectivity index (χ0n) is 15.3. The van der Waals surface area contributed by atoms with Gasteiger partial charge in [-0.25, -0.2) is 19.4 Å². The number of urea groups is 1. The van der Waals surface area contributed by atoms with Gasteiger partial charge in [0.25, 0.3) is 0 Å². The molecule has 2 fully saturated rings. The molecule has 0 unspecified atom stereocenters. The van der Waals surface area contributed by atoms with Crippen molar-refractivity contribution < 1.29 is 32.3 Å². The van der Waals surface area contributed by atoms with Crippen molar-refractivity contribution in [2.45, 2.75) is 12.2 Å². The molecule has 0 aliphatic carbocycles. The topological polar surface area (TPSA) is 91.8 Å². The molecule has 12 heteroatoms. The van der Waals surface area contributed by atoms with Gasteiger partial charge in [-0.1, -0.05) is 12.1 Å². The Labute approximate surface area is 172 Å². The maximum atomic E-state index is 12.6. The molecule has 1 N–H and O–H groups in total. The van der Waals surface area contributed by atoms with Crippen LogP contribution in [0.2, 0.25) is 0 Å². The van der Waals surface area contributed by atoms with E-state index in [1.807, 2.05) is 4.90 Å². The Kier molecular flexibility index (Phi) is 5.20. The van der Waals surface area contributed by atoms with Crippen LogP contribution >= 0.6 is 11.3 Å². The zero-order valence-corrected chi connectivity index (χ0v) is 16.1. The smallest absolute Gasteiger partial charge is 0.383 e. The summed E-state index contributed by atoms with van der Waals surface area (Å²) in [5.74, 6) is -3.96. The molecule has 1 atom stereocenters. The summed E-state index contributed by atoms with van der Waals surface area (Å²) in [5.41, 5.74) is 0.949. The second kappa shape index (κ2) is 7.69. The summed E-state index contributed by atoms with van der Waals surface area (Å²) >= 11 is 1.30. The third kappa shape index (κ3) is 3.87. The average Bonchev–Trinajstić information content (AvgIpc) is 3.33. The van der Waals surface area contributed by atoms with Crippen LogP contribution in [0.1, 0.15) is 10.4 Å². The number of nitrogens with zero attached hydrogens (tertiary/aromatic N) is 3. The van der Waals surface area contributed by atoms with Crippen molar-refractivity contribution in [2.24, 2.45) is 0 Å². The molecule has 1 aromatic carbocycles. The Balaban J connectivity index is 1.46. The number of anilines is 1. The van der Waals surface area contributed by atoms with Crippen LogP contribution in [0, 0.1) is 0 Å². The average molecular weight is 440 g/mol. The summed E-state index contributed by atoms with van der Waals surface area (Å²) in [4.78, 5) is 43.0. The Hall–Kier alpha value is -2.99. The fourth-order valence-corrected chi connectivity index (χ4v) is 4.12. The molecular weight excluding hydrogens is 425 g/mol. The highest BCUT2D eigenvalue weighted by atomic mass is 32.1. The lowest BCUT2D eigenvalue weighted by Gasteiger charge is -2.28. The molecule has 2 aliphatic rings. The maximum Gasteiger partial charge on any atom is 0.491 e. The fourth-order valence-electron chi connectivity index (χ4n) is 3.28. The number of halogens is 3. The van der Waals surface area contributed by atoms with Gasteiger partial charge in [0.1, 0.15) is 0 Å². The van der Waals surface area contributed by atoms with Crippen LogP contribution in [-0.4, -0.2) is 66.3 Å². The van der Waals surface area contributed by atoms with Gasteiger partial charge in [0.05, 0.1) is 23.8 Å². The van der Waals surface area contributed by atoms with E-state index in [1.54, 1.807) is 10.3 Å². The van der Waals surface area contributed by atoms with Gasteiger partial charge in [0, 0.05) is 30.6 Å². The van der Waals surface area contributed by atoms with E-state index >= 15 is 0 Å². The fraction of sp³-hybridized carbons (Fsp3) is 0.333. The van der Waals surface area contributed by atoms with E-state index in [-0.39, 0.29) is 17.6 Å². The molecule has 0 bridgehead atoms. The number of carbonyl (C=O) groups excluding carboxylic acids is 3. The van der Waals surface area contributed by atoms with Crippen LogP contribution in [0.4, 0.5) is 23.1 Å². The highest BCUT2D eigenvalue weighted by Gasteiger charge is 2.43. The summed E-state index contributed by atoms with van der Waals surface area (Å²) in [6, 6.07) is 5.46. The molecule has 0 radical (unpaired) electrons. The third-order valence-electron chi connectivity index (χ3n) is 4.78. The van der Waals surface area contributed by atoms with Crippen molar-refractivity contribution >= 4 is 34.4 Å². The molecule has 2 saturated heterocycles. The molecule has 0 spiro atoms. The van der Waals surface area contributed by atoms with Crippen molar-refractivity contribution in [3.05, 3.63) is 35.2 Å². The Morgan fingerprint density at radius 1 is 1.23 bits per heavy atom. The second-order valence-corrected chi connectivity index (χ2v) is 7.55. The first-order valence-electron chi connectivity index (χ1n) is 8.92. The number of hydrogen-bond donors (Lipinski definition) is 1. The van der Waals surface area contributed by atoms with Gasteiger partial charge < -0.3 is 15.0 Å². The maximum absolute atomic E-state index is 12.6. The van der Waals surface area contributed by atoms with E-state index in [0.717, 1.165) is 13.1 Å². The van der Waals surface area contributed by atoms with Gasteiger partial charge in [-0.15, -0.1) is 11.3 Å². The van der Waals surface area contributed by atoms with Crippen molar-refractivity contribution in [2.75, 3.05) is 31.1 Å². The normalized spacial score (nSPS) is 19.0. The number of piperazine rings is 1. The van der Waals surface area contributed by atoms with Gasteiger partial charge >= 0.3 is 24.1 Å². The summed E-state index contributed by atoms with van der Waals surface area (Å²) in [6.45, 7) is 2.67. The number of esters is 2. The van der Waals surface area contributed by atoms with Crippen LogP contribution < -0.4 is 10.2 Å². The highest BCUT2D eigenvalue weighted by Crippen LogP contribution is 2.31. The SMILES string of the molecule is O=C(OC(=O)C(F)(F)F)c1ccc(-c2csc(N3C[C@@H]4CNCCN4C3=O)n2)cc1. The molecule has 0 saturated carbocycles. The Bertz CT molecular complexity index is 992. The van der Waals surface area contributed by atoms with Gasteiger partial charge in [0.15, 0.2) is 5.13 Å². The van der Waals surface area contributed by atoms with Gasteiger partial charge in [0.2, 0.25) is 0 Å². The van der Waals surface area contributed by atoms with Crippen LogP contribution in [0.3, 0.4) is 0 Å². The Morgan fingerprint density at radius 3 is 2.63 bits per heavy atom. The van der Waals surface area contributed by atoms with E-state index in [1.165, 1.54) is 35.6 Å². The first-order valence-corrected chi connectivity index (χ1v) is 9.80. The van der Waals surface area contributed by atoms with Crippen LogP contribution in [0.5, 0.6) is 0 Å². The quantitative estimate of drug-likeness (QED) is 0.582. The van der Waals surface area contributed by atoms with Crippen LogP contribution in [-0.2, 0) is 9.53 Å². The number of fused-ring (bicyclic) bond motifs is 1. The number of amides is 2. The molecule has 3 heterocycles. The molecule has 2 aromatic rings. The van der Waals surface area contributed by atoms with E-state index in [4.69, 9.17) is 0 Å². The zero-order chi connectivity index (χ0) is 21.5. The molecular formula is C18H15F3N4O4S. The van der Waals surface area contributed by atoms with Gasteiger partial charge in [-0.05, 0) is 12.1 Å². The standard InChI is InChI=1S/C18H15F3N4O4S/c19-18(20,21)15(27)29-14(26)11-3-1-10(2-4-11)13-9-30-16(23-13)25-8-12-7-22-5-6-24(12)17(25)28/h1-4,9,12,22H,5-8H2/t12-/m0/s1. The lowest BCUT2D eigenvalue weighted by atomic mass is 10.1. The molecule has 2 amide bonds. The molecule has 158 valence electrons.